The topological polar surface area (TPSA) is 43.6 Å². The molecule has 8 rings (SSSR count). The zero-order valence-corrected chi connectivity index (χ0v) is 26.9. The van der Waals surface area contributed by atoms with Crippen LogP contribution >= 0.6 is 0 Å². The van der Waals surface area contributed by atoms with Gasteiger partial charge in [0, 0.05) is 22.9 Å². The monoisotopic (exact) mass is 652 g/mol. The summed E-state index contributed by atoms with van der Waals surface area (Å²) >= 11 is 0. The molecule has 6 heteroatoms. The van der Waals surface area contributed by atoms with Crippen LogP contribution in [-0.4, -0.2) is 19.5 Å². The summed E-state index contributed by atoms with van der Waals surface area (Å²) in [4.78, 5) is 15.5. The fraction of sp³-hybridized carbons (Fsp3) is 0.0227. The highest BCUT2D eigenvalue weighted by Gasteiger charge is 2.41. The lowest BCUT2D eigenvalue weighted by molar-refractivity contribution is 0.585. The second-order valence-corrected chi connectivity index (χ2v) is 11.9. The van der Waals surface area contributed by atoms with Crippen LogP contribution in [0.25, 0.3) is 39.7 Å². The predicted molar refractivity (Wildman–Crippen MR) is 194 cm³/mol. The molecule has 0 N–H and O–H groups in total. The van der Waals surface area contributed by atoms with Crippen LogP contribution < -0.4 is 0 Å². The molecule has 0 fully saturated rings. The molecule has 0 saturated heterocycles. The molecule has 0 saturated carbocycles. The molecule has 0 amide bonds. The van der Waals surface area contributed by atoms with Gasteiger partial charge in [-0.05, 0) is 59.7 Å². The van der Waals surface area contributed by atoms with Crippen molar-refractivity contribution >= 4 is 0 Å². The fourth-order valence-corrected chi connectivity index (χ4v) is 6.70. The molecule has 240 valence electrons. The molecule has 0 aliphatic carbocycles. The van der Waals surface area contributed by atoms with Crippen molar-refractivity contribution < 1.29 is 8.78 Å². The first-order valence-corrected chi connectivity index (χ1v) is 16.3. The molecule has 0 unspecified atom stereocenters. The lowest BCUT2D eigenvalue weighted by atomic mass is 9.69. The van der Waals surface area contributed by atoms with E-state index in [1.54, 1.807) is 6.07 Å². The van der Waals surface area contributed by atoms with Crippen LogP contribution in [-0.2, 0) is 5.41 Å². The minimum absolute atomic E-state index is 0.213. The second kappa shape index (κ2) is 13.2. The Kier molecular flexibility index (Phi) is 8.11. The summed E-state index contributed by atoms with van der Waals surface area (Å²) in [6.07, 6.45) is 1.87. The van der Waals surface area contributed by atoms with E-state index in [2.05, 4.69) is 41.0 Å². The summed E-state index contributed by atoms with van der Waals surface area (Å²) in [6.45, 7) is 0. The maximum absolute atomic E-state index is 15.2. The normalized spacial score (nSPS) is 11.4. The molecule has 3 heterocycles. The van der Waals surface area contributed by atoms with E-state index in [1.807, 2.05) is 121 Å². The first-order chi connectivity index (χ1) is 24.6. The zero-order chi connectivity index (χ0) is 33.9. The van der Waals surface area contributed by atoms with Gasteiger partial charge in [0.1, 0.15) is 22.9 Å². The smallest absolute Gasteiger partial charge is 0.145 e. The van der Waals surface area contributed by atoms with Gasteiger partial charge in [-0.3, -0.25) is 9.55 Å². The molecular weight excluding hydrogens is 623 g/mol. The molecule has 5 aromatic carbocycles. The second-order valence-electron chi connectivity index (χ2n) is 11.9. The van der Waals surface area contributed by atoms with E-state index < -0.39 is 17.0 Å². The first kappa shape index (κ1) is 30.8. The van der Waals surface area contributed by atoms with Gasteiger partial charge in [-0.2, -0.15) is 0 Å². The van der Waals surface area contributed by atoms with Gasteiger partial charge < -0.3 is 0 Å². The van der Waals surface area contributed by atoms with Crippen molar-refractivity contribution in [3.8, 4) is 39.7 Å². The Bertz CT molecular complexity index is 2350. The molecule has 0 aliphatic heterocycles. The Morgan fingerprint density at radius 3 is 1.64 bits per heavy atom. The first-order valence-electron chi connectivity index (χ1n) is 16.3. The number of aromatic nitrogens is 4. The van der Waals surface area contributed by atoms with E-state index in [-0.39, 0.29) is 5.56 Å². The average molecular weight is 653 g/mol. The number of pyridine rings is 2. The number of hydrogen-bond donors (Lipinski definition) is 0. The van der Waals surface area contributed by atoms with Gasteiger partial charge in [-0.1, -0.05) is 121 Å². The number of imidazole rings is 1. The van der Waals surface area contributed by atoms with Gasteiger partial charge in [-0.25, -0.2) is 18.7 Å². The molecular formula is C44H30F2N4. The highest BCUT2D eigenvalue weighted by atomic mass is 19.1. The van der Waals surface area contributed by atoms with Crippen LogP contribution in [0.1, 0.15) is 22.5 Å². The van der Waals surface area contributed by atoms with Crippen molar-refractivity contribution in [1.29, 1.82) is 0 Å². The van der Waals surface area contributed by atoms with Gasteiger partial charge in [0.2, 0.25) is 0 Å². The molecule has 4 nitrogen and oxygen atoms in total. The molecule has 0 spiro atoms. The Morgan fingerprint density at radius 2 is 1.04 bits per heavy atom. The third-order valence-electron chi connectivity index (χ3n) is 8.96. The SMILES string of the molecule is Fc1ccc(-c2cccc(C(c3ccccc3)(c3ccccc3)c3cccc(-c4cnc(-c5ccccc5)n4-c4ccccc4)n3)n2)c(F)c1. The van der Waals surface area contributed by atoms with Crippen LogP contribution in [0.15, 0.2) is 182 Å². The number of benzene rings is 5. The van der Waals surface area contributed by atoms with E-state index in [1.165, 1.54) is 12.1 Å². The number of hydrogen-bond acceptors (Lipinski definition) is 3. The van der Waals surface area contributed by atoms with Crippen LogP contribution in [0.3, 0.4) is 0 Å². The average Bonchev–Trinajstić information content (AvgIpc) is 3.63. The molecule has 0 bridgehead atoms. The number of rotatable bonds is 8. The summed E-state index contributed by atoms with van der Waals surface area (Å²) < 4.78 is 31.2. The van der Waals surface area contributed by atoms with E-state index in [0.29, 0.717) is 11.4 Å². The van der Waals surface area contributed by atoms with Crippen molar-refractivity contribution in [1.82, 2.24) is 19.5 Å². The Labute approximate surface area is 289 Å². The molecule has 50 heavy (non-hydrogen) atoms. The van der Waals surface area contributed by atoms with E-state index in [9.17, 15) is 4.39 Å². The number of nitrogens with zero attached hydrogens (tertiary/aromatic N) is 4. The molecule has 8 aromatic rings. The van der Waals surface area contributed by atoms with Gasteiger partial charge in [0.25, 0.3) is 0 Å². The molecule has 0 radical (unpaired) electrons. The maximum atomic E-state index is 15.2. The number of halogens is 2. The van der Waals surface area contributed by atoms with Crippen molar-refractivity contribution in [3.05, 3.63) is 216 Å². The number of para-hydroxylation sites is 1. The third-order valence-corrected chi connectivity index (χ3v) is 8.96. The van der Waals surface area contributed by atoms with Gasteiger partial charge in [0.15, 0.2) is 0 Å². The van der Waals surface area contributed by atoms with Crippen molar-refractivity contribution in [2.75, 3.05) is 0 Å². The van der Waals surface area contributed by atoms with Crippen LogP contribution in [0.5, 0.6) is 0 Å². The predicted octanol–water partition coefficient (Wildman–Crippen LogP) is 10.3. The molecule has 0 aliphatic rings. The minimum Gasteiger partial charge on any atom is -0.291 e. The van der Waals surface area contributed by atoms with Crippen LogP contribution in [0, 0.1) is 11.6 Å². The summed E-state index contributed by atoms with van der Waals surface area (Å²) in [5.41, 5.74) is 6.29. The Hall–Kier alpha value is -6.53. The summed E-state index contributed by atoms with van der Waals surface area (Å²) in [5.74, 6) is -0.522. The minimum atomic E-state index is -1.02. The molecule has 0 atom stereocenters. The van der Waals surface area contributed by atoms with Gasteiger partial charge >= 0.3 is 0 Å². The summed E-state index contributed by atoms with van der Waals surface area (Å²) in [6, 6.07) is 55.6. The quantitative estimate of drug-likeness (QED) is 0.164. The highest BCUT2D eigenvalue weighted by Crippen LogP contribution is 2.45. The van der Waals surface area contributed by atoms with Gasteiger partial charge in [0.05, 0.1) is 34.7 Å². The lowest BCUT2D eigenvalue weighted by Gasteiger charge is -2.35. The summed E-state index contributed by atoms with van der Waals surface area (Å²) in [7, 11) is 0. The van der Waals surface area contributed by atoms with Gasteiger partial charge in [-0.15, -0.1) is 0 Å². The highest BCUT2D eigenvalue weighted by molar-refractivity contribution is 5.69. The zero-order valence-electron chi connectivity index (χ0n) is 26.9. The third kappa shape index (κ3) is 5.47. The van der Waals surface area contributed by atoms with E-state index >= 15 is 4.39 Å². The summed E-state index contributed by atoms with van der Waals surface area (Å²) in [5, 5.41) is 0. The van der Waals surface area contributed by atoms with Crippen LogP contribution in [0.4, 0.5) is 8.78 Å². The van der Waals surface area contributed by atoms with Crippen molar-refractivity contribution in [3.63, 3.8) is 0 Å². The Balaban J connectivity index is 1.40. The fourth-order valence-electron chi connectivity index (χ4n) is 6.70. The maximum Gasteiger partial charge on any atom is 0.145 e. The molecule has 3 aromatic heterocycles. The largest absolute Gasteiger partial charge is 0.291 e. The lowest BCUT2D eigenvalue weighted by Crippen LogP contribution is -2.33. The Morgan fingerprint density at radius 1 is 0.500 bits per heavy atom. The standard InChI is InChI=1S/C44H30F2N4/c45-34-27-28-36(37(46)29-34)38-23-13-25-41(48-38)44(32-17-7-2-8-18-32,33-19-9-3-10-20-33)42-26-14-24-39(49-42)40-30-47-43(31-15-5-1-6-16-31)50(40)35-21-11-4-12-22-35/h1-30H. The van der Waals surface area contributed by atoms with E-state index in [0.717, 1.165) is 51.4 Å². The van der Waals surface area contributed by atoms with Crippen molar-refractivity contribution in [2.24, 2.45) is 0 Å². The van der Waals surface area contributed by atoms with Crippen molar-refractivity contribution in [2.45, 2.75) is 5.41 Å². The van der Waals surface area contributed by atoms with E-state index in [4.69, 9.17) is 15.0 Å². The van der Waals surface area contributed by atoms with Crippen LogP contribution in [0.2, 0.25) is 0 Å².